The largest absolute Gasteiger partial charge is 0.497 e. The van der Waals surface area contributed by atoms with Crippen LogP contribution in [0.1, 0.15) is 17.4 Å². The summed E-state index contributed by atoms with van der Waals surface area (Å²) >= 11 is 0. The summed E-state index contributed by atoms with van der Waals surface area (Å²) in [6.45, 7) is 1.91. The number of aryl methyl sites for hydroxylation is 1. The van der Waals surface area contributed by atoms with Gasteiger partial charge in [-0.25, -0.2) is 8.42 Å². The van der Waals surface area contributed by atoms with Gasteiger partial charge in [-0.15, -0.1) is 0 Å². The highest BCUT2D eigenvalue weighted by molar-refractivity contribution is 7.89. The van der Waals surface area contributed by atoms with Crippen molar-refractivity contribution in [2.45, 2.75) is 18.0 Å². The molecule has 2 aromatic rings. The van der Waals surface area contributed by atoms with E-state index in [1.807, 2.05) is 6.92 Å². The van der Waals surface area contributed by atoms with Crippen molar-refractivity contribution in [1.29, 1.82) is 0 Å². The summed E-state index contributed by atoms with van der Waals surface area (Å²) in [6.07, 6.45) is -0.591. The third-order valence-electron chi connectivity index (χ3n) is 3.28. The molecule has 6 heteroatoms. The van der Waals surface area contributed by atoms with Crippen molar-refractivity contribution in [3.05, 3.63) is 59.7 Å². The van der Waals surface area contributed by atoms with E-state index in [-0.39, 0.29) is 4.90 Å². The predicted molar refractivity (Wildman–Crippen MR) is 77.0 cm³/mol. The van der Waals surface area contributed by atoms with Crippen LogP contribution >= 0.6 is 0 Å². The Bertz CT molecular complexity index is 755. The van der Waals surface area contributed by atoms with Gasteiger partial charge in [-0.3, -0.25) is 4.84 Å². The molecule has 3 rings (SSSR count). The SMILES string of the molecule is COc1cccc([C@@H]2ON2S(=O)(=O)c2ccc(C)cc2)c1. The quantitative estimate of drug-likeness (QED) is 0.815. The average molecular weight is 305 g/mol. The number of sulfonamides is 1. The van der Waals surface area contributed by atoms with Crippen LogP contribution < -0.4 is 4.74 Å². The Morgan fingerprint density at radius 2 is 1.86 bits per heavy atom. The van der Waals surface area contributed by atoms with E-state index in [4.69, 9.17) is 9.57 Å². The van der Waals surface area contributed by atoms with E-state index in [2.05, 4.69) is 0 Å². The van der Waals surface area contributed by atoms with Crippen molar-refractivity contribution in [2.24, 2.45) is 0 Å². The van der Waals surface area contributed by atoms with Crippen LogP contribution in [0.15, 0.2) is 53.4 Å². The molecule has 1 unspecified atom stereocenters. The lowest BCUT2D eigenvalue weighted by atomic mass is 10.2. The summed E-state index contributed by atoms with van der Waals surface area (Å²) in [5, 5.41) is 0. The summed E-state index contributed by atoms with van der Waals surface area (Å²) in [6, 6.07) is 13.8. The number of hydroxylamine groups is 1. The minimum atomic E-state index is -3.63. The molecule has 1 heterocycles. The van der Waals surface area contributed by atoms with Crippen LogP contribution in [0.5, 0.6) is 5.75 Å². The summed E-state index contributed by atoms with van der Waals surface area (Å²) in [5.41, 5.74) is 1.75. The molecule has 0 radical (unpaired) electrons. The molecule has 1 aliphatic rings. The number of methoxy groups -OCH3 is 1. The van der Waals surface area contributed by atoms with Gasteiger partial charge in [-0.1, -0.05) is 29.8 Å². The van der Waals surface area contributed by atoms with Gasteiger partial charge in [0.25, 0.3) is 10.0 Å². The first-order chi connectivity index (χ1) is 10.0. The zero-order valence-corrected chi connectivity index (χ0v) is 12.5. The van der Waals surface area contributed by atoms with Crippen molar-refractivity contribution >= 4 is 10.0 Å². The molecule has 1 aliphatic heterocycles. The number of rotatable bonds is 4. The molecule has 110 valence electrons. The Morgan fingerprint density at radius 1 is 1.14 bits per heavy atom. The number of nitrogens with zero attached hydrogens (tertiary/aromatic N) is 1. The zero-order valence-electron chi connectivity index (χ0n) is 11.7. The molecular weight excluding hydrogens is 290 g/mol. The first kappa shape index (κ1) is 14.1. The summed E-state index contributed by atoms with van der Waals surface area (Å²) in [7, 11) is -2.07. The smallest absolute Gasteiger partial charge is 0.267 e. The maximum Gasteiger partial charge on any atom is 0.267 e. The van der Waals surface area contributed by atoms with Crippen LogP contribution in [-0.2, 0) is 14.9 Å². The van der Waals surface area contributed by atoms with E-state index in [0.29, 0.717) is 5.75 Å². The molecule has 0 saturated carbocycles. The number of ether oxygens (including phenoxy) is 1. The monoisotopic (exact) mass is 305 g/mol. The topological polar surface area (TPSA) is 58.9 Å². The third kappa shape index (κ3) is 2.65. The fraction of sp³-hybridized carbons (Fsp3) is 0.200. The summed E-state index contributed by atoms with van der Waals surface area (Å²) in [4.78, 5) is 5.46. The summed E-state index contributed by atoms with van der Waals surface area (Å²) < 4.78 is 31.0. The second-order valence-electron chi connectivity index (χ2n) is 4.81. The molecule has 21 heavy (non-hydrogen) atoms. The lowest BCUT2D eigenvalue weighted by Gasteiger charge is -2.04. The van der Waals surface area contributed by atoms with Gasteiger partial charge < -0.3 is 4.74 Å². The lowest BCUT2D eigenvalue weighted by Crippen LogP contribution is -2.12. The van der Waals surface area contributed by atoms with Crippen LogP contribution in [0.2, 0.25) is 0 Å². The van der Waals surface area contributed by atoms with Gasteiger partial charge in [-0.2, -0.15) is 0 Å². The Morgan fingerprint density at radius 3 is 2.52 bits per heavy atom. The van der Waals surface area contributed by atoms with Gasteiger partial charge >= 0.3 is 0 Å². The van der Waals surface area contributed by atoms with Crippen LogP contribution in [0.25, 0.3) is 0 Å². The number of benzene rings is 2. The Labute approximate surface area is 123 Å². The highest BCUT2D eigenvalue weighted by atomic mass is 32.2. The van der Waals surface area contributed by atoms with Gasteiger partial charge in [-0.05, 0) is 35.7 Å². The van der Waals surface area contributed by atoms with Crippen molar-refractivity contribution in [3.63, 3.8) is 0 Å². The normalized spacial score (nSPS) is 21.0. The fourth-order valence-corrected chi connectivity index (χ4v) is 3.30. The van der Waals surface area contributed by atoms with Gasteiger partial charge in [0.15, 0.2) is 6.23 Å². The van der Waals surface area contributed by atoms with Crippen molar-refractivity contribution in [2.75, 3.05) is 7.11 Å². The molecule has 0 aromatic heterocycles. The zero-order chi connectivity index (χ0) is 15.0. The van der Waals surface area contributed by atoms with Crippen LogP contribution in [0, 0.1) is 6.92 Å². The van der Waals surface area contributed by atoms with E-state index in [1.54, 1.807) is 55.6 Å². The minimum absolute atomic E-state index is 0.221. The molecule has 0 bridgehead atoms. The predicted octanol–water partition coefficient (Wildman–Crippen LogP) is 2.64. The highest BCUT2D eigenvalue weighted by Gasteiger charge is 2.48. The van der Waals surface area contributed by atoms with Gasteiger partial charge in [0.1, 0.15) is 5.75 Å². The van der Waals surface area contributed by atoms with Crippen molar-refractivity contribution < 1.29 is 18.0 Å². The molecule has 0 spiro atoms. The number of hydrogen-bond donors (Lipinski definition) is 0. The van der Waals surface area contributed by atoms with E-state index in [0.717, 1.165) is 15.6 Å². The molecule has 0 aliphatic carbocycles. The minimum Gasteiger partial charge on any atom is -0.497 e. The van der Waals surface area contributed by atoms with Crippen molar-refractivity contribution in [3.8, 4) is 5.75 Å². The number of hydrogen-bond acceptors (Lipinski definition) is 4. The Balaban J connectivity index is 1.84. The first-order valence-corrected chi connectivity index (χ1v) is 7.88. The first-order valence-electron chi connectivity index (χ1n) is 6.44. The Kier molecular flexibility index (Phi) is 3.44. The molecular formula is C15H15NO4S. The average Bonchev–Trinajstić information content (AvgIpc) is 3.29. The maximum atomic E-state index is 12.4. The second-order valence-corrected chi connectivity index (χ2v) is 6.59. The standard InChI is InChI=1S/C15H15NO4S/c1-11-6-8-14(9-7-11)21(17,18)16-15(20-16)12-4-3-5-13(10-12)19-2/h3-10,15H,1-2H3/t15-,16?/m0/s1. The second kappa shape index (κ2) is 5.14. The van der Waals surface area contributed by atoms with Gasteiger partial charge in [0.2, 0.25) is 0 Å². The van der Waals surface area contributed by atoms with Crippen LogP contribution in [0.3, 0.4) is 0 Å². The lowest BCUT2D eigenvalue weighted by molar-refractivity contribution is 0.283. The molecule has 1 fully saturated rings. The Hall–Kier alpha value is -1.89. The highest BCUT2D eigenvalue weighted by Crippen LogP contribution is 2.42. The molecule has 1 saturated heterocycles. The van der Waals surface area contributed by atoms with E-state index >= 15 is 0 Å². The van der Waals surface area contributed by atoms with Crippen LogP contribution in [0.4, 0.5) is 0 Å². The van der Waals surface area contributed by atoms with Gasteiger partial charge in [0.05, 0.1) is 12.0 Å². The van der Waals surface area contributed by atoms with E-state index < -0.39 is 16.3 Å². The van der Waals surface area contributed by atoms with Gasteiger partial charge in [0, 0.05) is 5.56 Å². The molecule has 5 nitrogen and oxygen atoms in total. The summed E-state index contributed by atoms with van der Waals surface area (Å²) in [5.74, 6) is 0.663. The van der Waals surface area contributed by atoms with Crippen molar-refractivity contribution in [1.82, 2.24) is 4.47 Å². The maximum absolute atomic E-state index is 12.4. The van der Waals surface area contributed by atoms with E-state index in [9.17, 15) is 8.42 Å². The third-order valence-corrected chi connectivity index (χ3v) is 4.90. The van der Waals surface area contributed by atoms with Crippen LogP contribution in [-0.4, -0.2) is 20.0 Å². The van der Waals surface area contributed by atoms with E-state index in [1.165, 1.54) is 0 Å². The molecule has 2 atom stereocenters. The molecule has 2 aromatic carbocycles. The molecule has 0 amide bonds. The fourth-order valence-electron chi connectivity index (χ4n) is 2.05. The molecule has 0 N–H and O–H groups in total.